The Morgan fingerprint density at radius 3 is 2.46 bits per heavy atom. The van der Waals surface area contributed by atoms with Crippen LogP contribution in [0.4, 0.5) is 13.2 Å². The third-order valence-corrected chi connectivity index (χ3v) is 6.33. The predicted molar refractivity (Wildman–Crippen MR) is 100 cm³/mol. The molecule has 1 aromatic heterocycles. The average molecular weight is 448 g/mol. The SMILES string of the molecule is FC(F)(F)C1CCN(Cc2c(C3CC3)nc3ccc(Br)cc3c2Cl)CC1. The summed E-state index contributed by atoms with van der Waals surface area (Å²) in [5.41, 5.74) is 2.90. The number of likely N-dealkylation sites (tertiary alicyclic amines) is 1. The summed E-state index contributed by atoms with van der Waals surface area (Å²) >= 11 is 10.2. The van der Waals surface area contributed by atoms with E-state index in [1.807, 2.05) is 18.2 Å². The molecule has 2 heterocycles. The quantitative estimate of drug-likeness (QED) is 0.549. The van der Waals surface area contributed by atoms with Gasteiger partial charge in [-0.15, -0.1) is 0 Å². The minimum atomic E-state index is -4.08. The van der Waals surface area contributed by atoms with Gasteiger partial charge in [-0.1, -0.05) is 27.5 Å². The molecule has 0 amide bonds. The van der Waals surface area contributed by atoms with Gasteiger partial charge in [0.15, 0.2) is 0 Å². The van der Waals surface area contributed by atoms with Crippen LogP contribution in [0.1, 0.15) is 42.9 Å². The lowest BCUT2D eigenvalue weighted by atomic mass is 9.95. The van der Waals surface area contributed by atoms with Crippen molar-refractivity contribution in [3.63, 3.8) is 0 Å². The van der Waals surface area contributed by atoms with Crippen LogP contribution in [-0.4, -0.2) is 29.1 Å². The largest absolute Gasteiger partial charge is 0.391 e. The van der Waals surface area contributed by atoms with Gasteiger partial charge in [0.25, 0.3) is 0 Å². The number of alkyl halides is 3. The van der Waals surface area contributed by atoms with Crippen molar-refractivity contribution in [2.75, 3.05) is 13.1 Å². The van der Waals surface area contributed by atoms with Crippen molar-refractivity contribution >= 4 is 38.4 Å². The highest BCUT2D eigenvalue weighted by atomic mass is 79.9. The van der Waals surface area contributed by atoms with Crippen molar-refractivity contribution in [3.8, 4) is 0 Å². The molecule has 1 aromatic carbocycles. The van der Waals surface area contributed by atoms with E-state index in [1.54, 1.807) is 0 Å². The highest BCUT2D eigenvalue weighted by molar-refractivity contribution is 9.10. The molecule has 2 nitrogen and oxygen atoms in total. The summed E-state index contributed by atoms with van der Waals surface area (Å²) in [6, 6.07) is 5.86. The Kier molecular flexibility index (Phi) is 4.95. The summed E-state index contributed by atoms with van der Waals surface area (Å²) in [5.74, 6) is -0.744. The van der Waals surface area contributed by atoms with Gasteiger partial charge in [-0.3, -0.25) is 9.88 Å². The standard InChI is InChI=1S/C19H19BrClF3N2/c20-13-3-4-16-14(9-13)17(21)15(18(25-16)11-1-2-11)10-26-7-5-12(6-8-26)19(22,23)24/h3-4,9,11-12H,1-2,5-8,10H2. The Morgan fingerprint density at radius 2 is 1.85 bits per heavy atom. The Balaban J connectivity index is 1.62. The third kappa shape index (κ3) is 3.73. The number of benzene rings is 1. The van der Waals surface area contributed by atoms with Gasteiger partial charge in [-0.25, -0.2) is 0 Å². The van der Waals surface area contributed by atoms with E-state index in [0.717, 1.165) is 39.5 Å². The van der Waals surface area contributed by atoms with Crippen LogP contribution in [0.25, 0.3) is 10.9 Å². The van der Waals surface area contributed by atoms with E-state index in [2.05, 4.69) is 20.8 Å². The number of halogens is 5. The van der Waals surface area contributed by atoms with Gasteiger partial charge in [0.1, 0.15) is 0 Å². The minimum Gasteiger partial charge on any atom is -0.299 e. The van der Waals surface area contributed by atoms with Crippen molar-refractivity contribution in [3.05, 3.63) is 39.0 Å². The number of hydrogen-bond donors (Lipinski definition) is 0. The third-order valence-electron chi connectivity index (χ3n) is 5.41. The molecule has 0 bridgehead atoms. The van der Waals surface area contributed by atoms with E-state index in [0.29, 0.717) is 30.6 Å². The maximum atomic E-state index is 12.9. The minimum absolute atomic E-state index is 0.159. The molecular formula is C19H19BrClF3N2. The van der Waals surface area contributed by atoms with E-state index in [-0.39, 0.29) is 12.8 Å². The summed E-state index contributed by atoms with van der Waals surface area (Å²) in [7, 11) is 0. The number of rotatable bonds is 3. The molecule has 7 heteroatoms. The maximum Gasteiger partial charge on any atom is 0.391 e. The normalized spacial score (nSPS) is 20.0. The van der Waals surface area contributed by atoms with Crippen molar-refractivity contribution in [2.45, 2.75) is 44.3 Å². The molecule has 4 rings (SSSR count). The molecule has 0 unspecified atom stereocenters. The molecule has 2 aromatic rings. The first-order chi connectivity index (χ1) is 12.3. The second-order valence-electron chi connectivity index (χ2n) is 7.32. The molecule has 1 aliphatic heterocycles. The summed E-state index contributed by atoms with van der Waals surface area (Å²) in [4.78, 5) is 6.93. The van der Waals surface area contributed by atoms with E-state index >= 15 is 0 Å². The van der Waals surface area contributed by atoms with Crippen LogP contribution in [-0.2, 0) is 6.54 Å². The van der Waals surface area contributed by atoms with Crippen LogP contribution >= 0.6 is 27.5 Å². The first-order valence-corrected chi connectivity index (χ1v) is 10.1. The fraction of sp³-hybridized carbons (Fsp3) is 0.526. The van der Waals surface area contributed by atoms with Crippen molar-refractivity contribution in [2.24, 2.45) is 5.92 Å². The van der Waals surface area contributed by atoms with Gasteiger partial charge in [0.2, 0.25) is 0 Å². The number of aromatic nitrogens is 1. The Hall–Kier alpha value is -0.850. The number of fused-ring (bicyclic) bond motifs is 1. The molecule has 0 N–H and O–H groups in total. The zero-order chi connectivity index (χ0) is 18.5. The summed E-state index contributed by atoms with van der Waals surface area (Å²) in [5, 5.41) is 1.58. The van der Waals surface area contributed by atoms with Gasteiger partial charge in [0, 0.05) is 27.9 Å². The Morgan fingerprint density at radius 1 is 1.15 bits per heavy atom. The molecule has 0 atom stereocenters. The maximum absolute atomic E-state index is 12.9. The molecule has 2 aliphatic rings. The second-order valence-corrected chi connectivity index (χ2v) is 8.61. The van der Waals surface area contributed by atoms with Crippen molar-refractivity contribution < 1.29 is 13.2 Å². The van der Waals surface area contributed by atoms with Gasteiger partial charge in [0.05, 0.1) is 22.2 Å². The molecule has 1 saturated carbocycles. The molecule has 0 radical (unpaired) electrons. The van der Waals surface area contributed by atoms with Crippen LogP contribution in [0, 0.1) is 5.92 Å². The first-order valence-electron chi connectivity index (χ1n) is 8.89. The van der Waals surface area contributed by atoms with Crippen LogP contribution in [0.2, 0.25) is 5.02 Å². The molecule has 0 spiro atoms. The van der Waals surface area contributed by atoms with Crippen LogP contribution < -0.4 is 0 Å². The molecule has 1 aliphatic carbocycles. The fourth-order valence-electron chi connectivity index (χ4n) is 3.74. The van der Waals surface area contributed by atoms with E-state index < -0.39 is 12.1 Å². The fourth-order valence-corrected chi connectivity index (χ4v) is 4.41. The summed E-state index contributed by atoms with van der Waals surface area (Å²) in [6.07, 6.45) is -1.55. The van der Waals surface area contributed by atoms with E-state index in [9.17, 15) is 13.2 Å². The lowest BCUT2D eigenvalue weighted by Gasteiger charge is -2.33. The van der Waals surface area contributed by atoms with Crippen molar-refractivity contribution in [1.82, 2.24) is 9.88 Å². The lowest BCUT2D eigenvalue weighted by Crippen LogP contribution is -2.38. The zero-order valence-corrected chi connectivity index (χ0v) is 16.5. The Bertz CT molecular complexity index is 828. The second kappa shape index (κ2) is 6.95. The number of piperidine rings is 1. The zero-order valence-electron chi connectivity index (χ0n) is 14.1. The van der Waals surface area contributed by atoms with E-state index in [1.165, 1.54) is 0 Å². The molecular weight excluding hydrogens is 429 g/mol. The Labute approximate surface area is 163 Å². The highest BCUT2D eigenvalue weighted by Gasteiger charge is 2.41. The summed E-state index contributed by atoms with van der Waals surface area (Å²) < 4.78 is 39.6. The molecule has 2 fully saturated rings. The molecule has 1 saturated heterocycles. The summed E-state index contributed by atoms with van der Waals surface area (Å²) in [6.45, 7) is 1.47. The van der Waals surface area contributed by atoms with E-state index in [4.69, 9.17) is 16.6 Å². The molecule has 26 heavy (non-hydrogen) atoms. The lowest BCUT2D eigenvalue weighted by molar-refractivity contribution is -0.185. The van der Waals surface area contributed by atoms with Crippen LogP contribution in [0.15, 0.2) is 22.7 Å². The van der Waals surface area contributed by atoms with Crippen LogP contribution in [0.5, 0.6) is 0 Å². The first kappa shape index (κ1) is 18.5. The van der Waals surface area contributed by atoms with Gasteiger partial charge in [-0.2, -0.15) is 13.2 Å². The van der Waals surface area contributed by atoms with Gasteiger partial charge in [-0.05, 0) is 57.0 Å². The molecule has 140 valence electrons. The highest BCUT2D eigenvalue weighted by Crippen LogP contribution is 2.44. The predicted octanol–water partition coefficient (Wildman–Crippen LogP) is 6.30. The number of hydrogen-bond acceptors (Lipinski definition) is 2. The smallest absolute Gasteiger partial charge is 0.299 e. The van der Waals surface area contributed by atoms with Gasteiger partial charge < -0.3 is 0 Å². The number of pyridine rings is 1. The number of nitrogens with zero attached hydrogens (tertiary/aromatic N) is 2. The van der Waals surface area contributed by atoms with Gasteiger partial charge >= 0.3 is 6.18 Å². The monoisotopic (exact) mass is 446 g/mol. The topological polar surface area (TPSA) is 16.1 Å². The average Bonchev–Trinajstić information content (AvgIpc) is 3.42. The van der Waals surface area contributed by atoms with Crippen LogP contribution in [0.3, 0.4) is 0 Å². The van der Waals surface area contributed by atoms with Crippen molar-refractivity contribution in [1.29, 1.82) is 0 Å².